The van der Waals surface area contributed by atoms with E-state index in [2.05, 4.69) is 10.3 Å². The number of rotatable bonds is 6. The van der Waals surface area contributed by atoms with Gasteiger partial charge in [0.25, 0.3) is 0 Å². The average molecular weight is 431 g/mol. The summed E-state index contributed by atoms with van der Waals surface area (Å²) in [5, 5.41) is 3.11. The molecule has 3 rings (SSSR count). The Morgan fingerprint density at radius 3 is 2.29 bits per heavy atom. The van der Waals surface area contributed by atoms with Crippen molar-refractivity contribution in [3.63, 3.8) is 0 Å². The highest BCUT2D eigenvalue weighted by atomic mass is 19.4. The molecule has 6 nitrogen and oxygen atoms in total. The number of pyridine rings is 1. The number of hydrogen-bond acceptors (Lipinski definition) is 6. The van der Waals surface area contributed by atoms with Crippen LogP contribution in [0.25, 0.3) is 0 Å². The summed E-state index contributed by atoms with van der Waals surface area (Å²) in [7, 11) is 4.50. The number of carbonyl (C=O) groups is 1. The minimum Gasteiger partial charge on any atom is -0.497 e. The van der Waals surface area contributed by atoms with E-state index in [4.69, 9.17) is 9.47 Å². The Hall–Kier alpha value is -3.75. The molecule has 0 radical (unpaired) electrons. The summed E-state index contributed by atoms with van der Waals surface area (Å²) in [6.07, 6.45) is -2.83. The van der Waals surface area contributed by atoms with Gasteiger partial charge in [0.15, 0.2) is 0 Å². The number of nitrogens with one attached hydrogen (secondary N) is 1. The molecule has 0 saturated heterocycles. The molecular weight excluding hydrogens is 411 g/mol. The molecule has 1 aromatic heterocycles. The van der Waals surface area contributed by atoms with E-state index in [-0.39, 0.29) is 0 Å². The monoisotopic (exact) mass is 431 g/mol. The van der Waals surface area contributed by atoms with Crippen molar-refractivity contribution in [3.8, 4) is 5.75 Å². The van der Waals surface area contributed by atoms with Gasteiger partial charge in [-0.25, -0.2) is 9.78 Å². The molecule has 3 aromatic rings. The summed E-state index contributed by atoms with van der Waals surface area (Å²) >= 11 is 0. The summed E-state index contributed by atoms with van der Waals surface area (Å²) in [6.45, 7) is 0. The zero-order valence-electron chi connectivity index (χ0n) is 17.0. The molecule has 0 fully saturated rings. The second-order valence-electron chi connectivity index (χ2n) is 6.54. The molecule has 0 aliphatic heterocycles. The predicted octanol–water partition coefficient (Wildman–Crippen LogP) is 5.41. The van der Waals surface area contributed by atoms with Crippen molar-refractivity contribution in [2.24, 2.45) is 0 Å². The van der Waals surface area contributed by atoms with Crippen LogP contribution in [0.5, 0.6) is 5.75 Å². The molecule has 31 heavy (non-hydrogen) atoms. The van der Waals surface area contributed by atoms with Crippen LogP contribution in [0.2, 0.25) is 0 Å². The van der Waals surface area contributed by atoms with Gasteiger partial charge in [0.05, 0.1) is 42.9 Å². The van der Waals surface area contributed by atoms with Crippen LogP contribution < -0.4 is 15.0 Å². The topological polar surface area (TPSA) is 63.7 Å². The van der Waals surface area contributed by atoms with Crippen LogP contribution in [0.15, 0.2) is 60.8 Å². The van der Waals surface area contributed by atoms with Gasteiger partial charge in [-0.05, 0) is 54.6 Å². The van der Waals surface area contributed by atoms with E-state index in [1.807, 2.05) is 0 Å². The Morgan fingerprint density at radius 1 is 1.03 bits per heavy atom. The largest absolute Gasteiger partial charge is 0.497 e. The van der Waals surface area contributed by atoms with Crippen molar-refractivity contribution in [1.82, 2.24) is 4.98 Å². The Labute approximate surface area is 177 Å². The first-order valence-electron chi connectivity index (χ1n) is 9.13. The van der Waals surface area contributed by atoms with Gasteiger partial charge in [0.2, 0.25) is 0 Å². The first kappa shape index (κ1) is 21.9. The molecule has 0 amide bonds. The third kappa shape index (κ3) is 5.06. The first-order valence-corrected chi connectivity index (χ1v) is 9.13. The number of carbonyl (C=O) groups excluding carboxylic acids is 1. The maximum Gasteiger partial charge on any atom is 0.416 e. The lowest BCUT2D eigenvalue weighted by Crippen LogP contribution is -2.12. The third-order valence-corrected chi connectivity index (χ3v) is 4.58. The van der Waals surface area contributed by atoms with Crippen LogP contribution in [0.4, 0.5) is 36.1 Å². The Morgan fingerprint density at radius 2 is 1.74 bits per heavy atom. The van der Waals surface area contributed by atoms with Gasteiger partial charge in [-0.1, -0.05) is 0 Å². The number of halogens is 3. The molecule has 1 N–H and O–H groups in total. The highest BCUT2D eigenvalue weighted by Gasteiger charge is 2.30. The lowest BCUT2D eigenvalue weighted by atomic mass is 10.1. The maximum absolute atomic E-state index is 12.7. The fourth-order valence-corrected chi connectivity index (χ4v) is 2.86. The highest BCUT2D eigenvalue weighted by Crippen LogP contribution is 2.32. The lowest BCUT2D eigenvalue weighted by molar-refractivity contribution is -0.137. The standard InChI is InChI=1S/C22H20F3N3O3/c1-28(16-7-4-14(5-8-16)22(23,24)25)20-11-6-15(13-26-20)27-19-10-9-17(30-2)12-18(19)21(29)31-3/h4-13,27H,1-3H3. The number of alkyl halides is 3. The van der Waals surface area contributed by atoms with Gasteiger partial charge < -0.3 is 19.7 Å². The van der Waals surface area contributed by atoms with E-state index >= 15 is 0 Å². The quantitative estimate of drug-likeness (QED) is 0.527. The fourth-order valence-electron chi connectivity index (χ4n) is 2.86. The second kappa shape index (κ2) is 8.95. The second-order valence-corrected chi connectivity index (χ2v) is 6.54. The number of esters is 1. The number of methoxy groups -OCH3 is 2. The highest BCUT2D eigenvalue weighted by molar-refractivity contribution is 5.97. The summed E-state index contributed by atoms with van der Waals surface area (Å²) in [5.41, 5.74) is 1.27. The number of hydrogen-bond donors (Lipinski definition) is 1. The van der Waals surface area contributed by atoms with Crippen molar-refractivity contribution in [2.75, 3.05) is 31.5 Å². The van der Waals surface area contributed by atoms with Crippen molar-refractivity contribution < 1.29 is 27.4 Å². The Bertz CT molecular complexity index is 1050. The molecule has 0 spiro atoms. The molecule has 0 aliphatic carbocycles. The summed E-state index contributed by atoms with van der Waals surface area (Å²) in [4.78, 5) is 18.1. The van der Waals surface area contributed by atoms with E-state index in [0.717, 1.165) is 12.1 Å². The number of ether oxygens (including phenoxy) is 2. The molecule has 0 aliphatic rings. The van der Waals surface area contributed by atoms with Crippen LogP contribution in [0.1, 0.15) is 15.9 Å². The number of aromatic nitrogens is 1. The van der Waals surface area contributed by atoms with Crippen molar-refractivity contribution in [1.29, 1.82) is 0 Å². The zero-order chi connectivity index (χ0) is 22.6. The average Bonchev–Trinajstić information content (AvgIpc) is 2.78. The van der Waals surface area contributed by atoms with Crippen molar-refractivity contribution in [2.45, 2.75) is 6.18 Å². The minimum absolute atomic E-state index is 0.299. The Kier molecular flexibility index (Phi) is 6.33. The van der Waals surface area contributed by atoms with Crippen LogP contribution in [0.3, 0.4) is 0 Å². The molecule has 0 bridgehead atoms. The van der Waals surface area contributed by atoms with E-state index in [1.165, 1.54) is 26.4 Å². The third-order valence-electron chi connectivity index (χ3n) is 4.58. The van der Waals surface area contributed by atoms with Gasteiger partial charge in [0.1, 0.15) is 11.6 Å². The number of nitrogens with zero attached hydrogens (tertiary/aromatic N) is 2. The van der Waals surface area contributed by atoms with Gasteiger partial charge in [-0.2, -0.15) is 13.2 Å². The summed E-state index contributed by atoms with van der Waals surface area (Å²) < 4.78 is 48.2. The first-order chi connectivity index (χ1) is 14.7. The molecule has 0 unspecified atom stereocenters. The lowest BCUT2D eigenvalue weighted by Gasteiger charge is -2.19. The number of benzene rings is 2. The van der Waals surface area contributed by atoms with Crippen LogP contribution in [-0.2, 0) is 10.9 Å². The van der Waals surface area contributed by atoms with Crippen molar-refractivity contribution in [3.05, 3.63) is 71.9 Å². The van der Waals surface area contributed by atoms with E-state index in [9.17, 15) is 18.0 Å². The SMILES string of the molecule is COC(=O)c1cc(OC)ccc1Nc1ccc(N(C)c2ccc(C(F)(F)F)cc2)nc1. The van der Waals surface area contributed by atoms with Gasteiger partial charge in [-0.3, -0.25) is 0 Å². The normalized spacial score (nSPS) is 11.0. The summed E-state index contributed by atoms with van der Waals surface area (Å²) in [5.74, 6) is 0.527. The van der Waals surface area contributed by atoms with Crippen LogP contribution in [-0.4, -0.2) is 32.2 Å². The zero-order valence-corrected chi connectivity index (χ0v) is 17.0. The molecule has 0 atom stereocenters. The molecule has 9 heteroatoms. The molecule has 1 heterocycles. The van der Waals surface area contributed by atoms with Gasteiger partial charge in [0, 0.05) is 12.7 Å². The predicted molar refractivity (Wildman–Crippen MR) is 111 cm³/mol. The van der Waals surface area contributed by atoms with Crippen LogP contribution >= 0.6 is 0 Å². The minimum atomic E-state index is -4.38. The molecule has 0 saturated carbocycles. The fraction of sp³-hybridized carbons (Fsp3) is 0.182. The van der Waals surface area contributed by atoms with E-state index < -0.39 is 17.7 Å². The van der Waals surface area contributed by atoms with Gasteiger partial charge >= 0.3 is 12.1 Å². The van der Waals surface area contributed by atoms with Crippen LogP contribution in [0, 0.1) is 0 Å². The molecule has 162 valence electrons. The maximum atomic E-state index is 12.7. The Balaban J connectivity index is 1.78. The molecular formula is C22H20F3N3O3. The smallest absolute Gasteiger partial charge is 0.416 e. The van der Waals surface area contributed by atoms with Gasteiger partial charge in [-0.15, -0.1) is 0 Å². The molecule has 2 aromatic carbocycles. The van der Waals surface area contributed by atoms with Crippen molar-refractivity contribution >= 4 is 28.8 Å². The number of anilines is 4. The summed E-state index contributed by atoms with van der Waals surface area (Å²) in [6, 6.07) is 13.2. The van der Waals surface area contributed by atoms with E-state index in [1.54, 1.807) is 48.5 Å². The van der Waals surface area contributed by atoms with E-state index in [0.29, 0.717) is 34.2 Å².